The number of rotatable bonds is 9. The van der Waals surface area contributed by atoms with Crippen LogP contribution in [0.1, 0.15) is 33.3 Å². The van der Waals surface area contributed by atoms with E-state index in [0.29, 0.717) is 18.5 Å². The molecule has 0 radical (unpaired) electrons. The van der Waals surface area contributed by atoms with Gasteiger partial charge in [-0.05, 0) is 37.1 Å². The maximum absolute atomic E-state index is 5.54. The van der Waals surface area contributed by atoms with Crippen molar-refractivity contribution in [2.24, 2.45) is 10.9 Å². The van der Waals surface area contributed by atoms with Crippen LogP contribution in [0, 0.1) is 5.92 Å². The molecule has 2 aliphatic rings. The SMILES string of the molecule is CCNC(=NCc1ccnc(N2CCN(CC)CC2)c1)NCC(C(C)C)N1CCOCC1.I. The fraction of sp³-hybridized carbons (Fsp3) is 0.750. The summed E-state index contributed by atoms with van der Waals surface area (Å²) in [6, 6.07) is 4.74. The summed E-state index contributed by atoms with van der Waals surface area (Å²) in [5.41, 5.74) is 1.19. The number of pyridine rings is 1. The standard InChI is InChI=1S/C24H43N7O.HI/c1-5-25-24(28-19-22(20(3)4)30-13-15-32-16-14-30)27-18-21-7-8-26-23(17-21)31-11-9-29(6-2)10-12-31;/h7-8,17,20,22H,5-6,9-16,18-19H2,1-4H3,(H2,25,27,28);1H. The maximum atomic E-state index is 5.54. The van der Waals surface area contributed by atoms with Gasteiger partial charge in [0.1, 0.15) is 5.82 Å². The van der Waals surface area contributed by atoms with Gasteiger partial charge in [0.25, 0.3) is 0 Å². The van der Waals surface area contributed by atoms with Crippen molar-refractivity contribution in [1.29, 1.82) is 0 Å². The van der Waals surface area contributed by atoms with Crippen molar-refractivity contribution in [3.8, 4) is 0 Å². The molecule has 9 heteroatoms. The molecule has 8 nitrogen and oxygen atoms in total. The first-order valence-corrected chi connectivity index (χ1v) is 12.4. The second-order valence-electron chi connectivity index (χ2n) is 8.98. The maximum Gasteiger partial charge on any atom is 0.191 e. The first kappa shape index (κ1) is 28.1. The third-order valence-electron chi connectivity index (χ3n) is 6.48. The molecule has 2 N–H and O–H groups in total. The molecule has 2 fully saturated rings. The van der Waals surface area contributed by atoms with Crippen LogP contribution in [0.3, 0.4) is 0 Å². The lowest BCUT2D eigenvalue weighted by atomic mass is 10.0. The Hall–Kier alpha value is -1.17. The Bertz CT molecular complexity index is 704. The molecule has 0 amide bonds. The van der Waals surface area contributed by atoms with E-state index in [1.165, 1.54) is 5.56 Å². The van der Waals surface area contributed by atoms with Crippen molar-refractivity contribution in [3.05, 3.63) is 23.9 Å². The van der Waals surface area contributed by atoms with Gasteiger partial charge in [0.05, 0.1) is 19.8 Å². The quantitative estimate of drug-likeness (QED) is 0.267. The van der Waals surface area contributed by atoms with Gasteiger partial charge in [-0.15, -0.1) is 24.0 Å². The molecule has 0 spiro atoms. The number of likely N-dealkylation sites (N-methyl/N-ethyl adjacent to an activating group) is 1. The lowest BCUT2D eigenvalue weighted by Gasteiger charge is -2.37. The molecule has 1 aromatic heterocycles. The van der Waals surface area contributed by atoms with Gasteiger partial charge in [-0.2, -0.15) is 0 Å². The Morgan fingerprint density at radius 3 is 2.45 bits per heavy atom. The lowest BCUT2D eigenvalue weighted by Crippen LogP contribution is -2.52. The smallest absolute Gasteiger partial charge is 0.191 e. The Morgan fingerprint density at radius 2 is 1.82 bits per heavy atom. The molecule has 33 heavy (non-hydrogen) atoms. The number of aromatic nitrogens is 1. The van der Waals surface area contributed by atoms with Gasteiger partial charge in [-0.3, -0.25) is 4.90 Å². The van der Waals surface area contributed by atoms with Crippen molar-refractivity contribution in [1.82, 2.24) is 25.4 Å². The summed E-state index contributed by atoms with van der Waals surface area (Å²) in [6.45, 7) is 20.4. The second kappa shape index (κ2) is 15.0. The van der Waals surface area contributed by atoms with Crippen LogP contribution in [0.15, 0.2) is 23.3 Å². The Labute approximate surface area is 217 Å². The Kier molecular flexibility index (Phi) is 12.7. The van der Waals surface area contributed by atoms with Crippen LogP contribution >= 0.6 is 24.0 Å². The zero-order valence-corrected chi connectivity index (χ0v) is 23.3. The number of anilines is 1. The molecule has 3 heterocycles. The van der Waals surface area contributed by atoms with E-state index in [4.69, 9.17) is 9.73 Å². The third kappa shape index (κ3) is 8.84. The Morgan fingerprint density at radius 1 is 1.09 bits per heavy atom. The van der Waals surface area contributed by atoms with E-state index in [9.17, 15) is 0 Å². The van der Waals surface area contributed by atoms with Crippen LogP contribution in [0.5, 0.6) is 0 Å². The molecule has 0 aromatic carbocycles. The predicted molar refractivity (Wildman–Crippen MR) is 148 cm³/mol. The van der Waals surface area contributed by atoms with Crippen LogP contribution in [0.4, 0.5) is 5.82 Å². The highest BCUT2D eigenvalue weighted by atomic mass is 127. The molecule has 2 saturated heterocycles. The average molecular weight is 574 g/mol. The van der Waals surface area contributed by atoms with Crippen molar-refractivity contribution in [3.63, 3.8) is 0 Å². The van der Waals surface area contributed by atoms with Crippen molar-refractivity contribution >= 4 is 35.8 Å². The largest absolute Gasteiger partial charge is 0.379 e. The molecular formula is C24H44IN7O. The summed E-state index contributed by atoms with van der Waals surface area (Å²) in [5, 5.41) is 6.99. The predicted octanol–water partition coefficient (Wildman–Crippen LogP) is 2.25. The van der Waals surface area contributed by atoms with Gasteiger partial charge in [-0.25, -0.2) is 9.98 Å². The van der Waals surface area contributed by atoms with Crippen LogP contribution < -0.4 is 15.5 Å². The number of hydrogen-bond acceptors (Lipinski definition) is 6. The summed E-state index contributed by atoms with van der Waals surface area (Å²) < 4.78 is 5.54. The minimum absolute atomic E-state index is 0. The highest BCUT2D eigenvalue weighted by Gasteiger charge is 2.24. The normalized spacial score (nSPS) is 19.3. The molecule has 0 saturated carbocycles. The number of ether oxygens (including phenoxy) is 1. The molecular weight excluding hydrogens is 529 g/mol. The van der Waals surface area contributed by atoms with Crippen molar-refractivity contribution in [2.75, 3.05) is 77.0 Å². The lowest BCUT2D eigenvalue weighted by molar-refractivity contribution is 0.00752. The number of nitrogens with zero attached hydrogens (tertiary/aromatic N) is 5. The summed E-state index contributed by atoms with van der Waals surface area (Å²) in [5.74, 6) is 2.51. The molecule has 1 unspecified atom stereocenters. The van der Waals surface area contributed by atoms with Gasteiger partial charge < -0.3 is 25.2 Å². The number of guanidine groups is 1. The van der Waals surface area contributed by atoms with E-state index in [1.54, 1.807) is 0 Å². The van der Waals surface area contributed by atoms with Crippen molar-refractivity contribution < 1.29 is 4.74 Å². The zero-order valence-electron chi connectivity index (χ0n) is 20.9. The van der Waals surface area contributed by atoms with Crippen molar-refractivity contribution in [2.45, 2.75) is 40.3 Å². The molecule has 1 aromatic rings. The molecule has 188 valence electrons. The number of piperazine rings is 1. The summed E-state index contributed by atoms with van der Waals surface area (Å²) in [7, 11) is 0. The van der Waals surface area contributed by atoms with Gasteiger partial charge in [0.15, 0.2) is 5.96 Å². The minimum Gasteiger partial charge on any atom is -0.379 e. The van der Waals surface area contributed by atoms with E-state index in [2.05, 4.69) is 70.1 Å². The monoisotopic (exact) mass is 573 g/mol. The fourth-order valence-electron chi connectivity index (χ4n) is 4.43. The van der Waals surface area contributed by atoms with Gasteiger partial charge in [0.2, 0.25) is 0 Å². The first-order valence-electron chi connectivity index (χ1n) is 12.4. The highest BCUT2D eigenvalue weighted by Crippen LogP contribution is 2.16. The van der Waals surface area contributed by atoms with Crippen LogP contribution in [0.25, 0.3) is 0 Å². The van der Waals surface area contributed by atoms with E-state index < -0.39 is 0 Å². The van der Waals surface area contributed by atoms with Gasteiger partial charge >= 0.3 is 0 Å². The van der Waals surface area contributed by atoms with Gasteiger partial charge in [0, 0.05) is 64.6 Å². The molecule has 1 atom stereocenters. The zero-order chi connectivity index (χ0) is 22.8. The van der Waals surface area contributed by atoms with E-state index in [1.807, 2.05) is 6.20 Å². The summed E-state index contributed by atoms with van der Waals surface area (Å²) in [4.78, 5) is 16.9. The second-order valence-corrected chi connectivity index (χ2v) is 8.98. The number of morpholine rings is 1. The highest BCUT2D eigenvalue weighted by molar-refractivity contribution is 14.0. The first-order chi connectivity index (χ1) is 15.6. The summed E-state index contributed by atoms with van der Waals surface area (Å²) >= 11 is 0. The average Bonchev–Trinajstić information content (AvgIpc) is 2.83. The van der Waals surface area contributed by atoms with Crippen LogP contribution in [0.2, 0.25) is 0 Å². The number of hydrogen-bond donors (Lipinski definition) is 2. The third-order valence-corrected chi connectivity index (χ3v) is 6.48. The van der Waals surface area contributed by atoms with E-state index in [0.717, 1.165) is 83.9 Å². The van der Waals surface area contributed by atoms with Crippen LogP contribution in [-0.4, -0.2) is 98.9 Å². The number of aliphatic imine (C=N–C) groups is 1. The van der Waals surface area contributed by atoms with Gasteiger partial charge in [-0.1, -0.05) is 20.8 Å². The van der Waals surface area contributed by atoms with E-state index in [-0.39, 0.29) is 24.0 Å². The minimum atomic E-state index is 0. The molecule has 0 bridgehead atoms. The fourth-order valence-corrected chi connectivity index (χ4v) is 4.43. The Balaban J connectivity index is 0.00000385. The molecule has 0 aliphatic carbocycles. The van der Waals surface area contributed by atoms with Crippen LogP contribution in [-0.2, 0) is 11.3 Å². The number of nitrogens with one attached hydrogen (secondary N) is 2. The van der Waals surface area contributed by atoms with E-state index >= 15 is 0 Å². The number of halogens is 1. The topological polar surface area (TPSA) is 68.3 Å². The molecule has 3 rings (SSSR count). The summed E-state index contributed by atoms with van der Waals surface area (Å²) in [6.07, 6.45) is 1.92. The molecule has 2 aliphatic heterocycles.